The van der Waals surface area contributed by atoms with Gasteiger partial charge in [-0.05, 0) is 26.0 Å². The van der Waals surface area contributed by atoms with Crippen LogP contribution in [0.5, 0.6) is 11.5 Å². The number of hydrogen-bond acceptors (Lipinski definition) is 5. The van der Waals surface area contributed by atoms with Crippen molar-refractivity contribution in [3.8, 4) is 11.5 Å². The fraction of sp³-hybridized carbons (Fsp3) is 0.333. The summed E-state index contributed by atoms with van der Waals surface area (Å²) in [5.74, 6) is 0.0857. The number of hydrogen-bond donors (Lipinski definition) is 1. The van der Waals surface area contributed by atoms with Gasteiger partial charge >= 0.3 is 5.97 Å². The zero-order valence-electron chi connectivity index (χ0n) is 12.6. The number of amides is 1. The first kappa shape index (κ1) is 16.6. The molecule has 0 atom stereocenters. The monoisotopic (exact) mass is 293 g/mol. The molecule has 0 spiro atoms. The fourth-order valence-electron chi connectivity index (χ4n) is 1.63. The van der Waals surface area contributed by atoms with Gasteiger partial charge in [0, 0.05) is 17.8 Å². The first-order chi connectivity index (χ1) is 10.0. The summed E-state index contributed by atoms with van der Waals surface area (Å²) >= 11 is 0. The van der Waals surface area contributed by atoms with Gasteiger partial charge in [-0.2, -0.15) is 0 Å². The molecule has 6 nitrogen and oxygen atoms in total. The van der Waals surface area contributed by atoms with Crippen LogP contribution in [0.1, 0.15) is 24.2 Å². The average Bonchev–Trinajstić information content (AvgIpc) is 2.46. The van der Waals surface area contributed by atoms with Crippen molar-refractivity contribution < 1.29 is 23.8 Å². The van der Waals surface area contributed by atoms with E-state index in [0.29, 0.717) is 22.8 Å². The Hall–Kier alpha value is -2.50. The minimum absolute atomic E-state index is 0.281. The van der Waals surface area contributed by atoms with Crippen LogP contribution in [0.2, 0.25) is 0 Å². The Labute approximate surface area is 123 Å². The molecule has 0 aromatic heterocycles. The molecular weight excluding hydrogens is 274 g/mol. The molecule has 0 aliphatic rings. The van der Waals surface area contributed by atoms with E-state index >= 15 is 0 Å². The van der Waals surface area contributed by atoms with Gasteiger partial charge in [-0.3, -0.25) is 4.79 Å². The minimum Gasteiger partial charge on any atom is -0.497 e. The number of carbonyl (C=O) groups excluding carboxylic acids is 2. The molecule has 1 N–H and O–H groups in total. The van der Waals surface area contributed by atoms with E-state index in [-0.39, 0.29) is 12.5 Å². The number of benzene rings is 1. The van der Waals surface area contributed by atoms with Gasteiger partial charge in [-0.15, -0.1) is 0 Å². The molecule has 114 valence electrons. The summed E-state index contributed by atoms with van der Waals surface area (Å²) < 4.78 is 15.0. The summed E-state index contributed by atoms with van der Waals surface area (Å²) in [6.07, 6.45) is 1.22. The molecule has 0 saturated heterocycles. The van der Waals surface area contributed by atoms with Gasteiger partial charge in [0.15, 0.2) is 0 Å². The van der Waals surface area contributed by atoms with Crippen LogP contribution in [0.3, 0.4) is 0 Å². The van der Waals surface area contributed by atoms with Gasteiger partial charge in [-0.1, -0.05) is 0 Å². The molecule has 0 fully saturated rings. The van der Waals surface area contributed by atoms with E-state index in [1.165, 1.54) is 20.3 Å². The lowest BCUT2D eigenvalue weighted by atomic mass is 10.1. The maximum Gasteiger partial charge on any atom is 0.332 e. The van der Waals surface area contributed by atoms with Crippen LogP contribution in [-0.4, -0.2) is 32.7 Å². The maximum atomic E-state index is 12.1. The highest BCUT2D eigenvalue weighted by Crippen LogP contribution is 2.24. The number of methoxy groups -OCH3 is 2. The van der Waals surface area contributed by atoms with E-state index in [1.807, 2.05) is 0 Å². The summed E-state index contributed by atoms with van der Waals surface area (Å²) in [5.41, 5.74) is 0.728. The Kier molecular flexibility index (Phi) is 6.26. The van der Waals surface area contributed by atoms with Crippen LogP contribution < -0.4 is 14.8 Å². The summed E-state index contributed by atoms with van der Waals surface area (Å²) in [6.45, 7) is 3.59. The van der Waals surface area contributed by atoms with Gasteiger partial charge < -0.3 is 19.5 Å². The number of nitrogens with one attached hydrogen (secondary N) is 1. The van der Waals surface area contributed by atoms with E-state index in [9.17, 15) is 9.59 Å². The van der Waals surface area contributed by atoms with Crippen molar-refractivity contribution in [1.29, 1.82) is 0 Å². The molecule has 0 radical (unpaired) electrons. The first-order valence-corrected chi connectivity index (χ1v) is 6.40. The molecule has 0 saturated carbocycles. The average molecular weight is 293 g/mol. The van der Waals surface area contributed by atoms with Crippen molar-refractivity contribution >= 4 is 11.9 Å². The third-order valence-corrected chi connectivity index (χ3v) is 2.58. The minimum atomic E-state index is -0.503. The van der Waals surface area contributed by atoms with E-state index in [4.69, 9.17) is 14.2 Å². The molecule has 1 amide bonds. The van der Waals surface area contributed by atoms with Crippen molar-refractivity contribution in [2.75, 3.05) is 20.8 Å². The Bertz CT molecular complexity index is 551. The standard InChI is InChI=1S/C15H19NO5/c1-5-21-14(17)8-10(2)16-15(18)12-7-6-11(19-3)9-13(12)20-4/h6-9H,5H2,1-4H3,(H,16,18). The smallest absolute Gasteiger partial charge is 0.332 e. The van der Waals surface area contributed by atoms with E-state index in [2.05, 4.69) is 5.32 Å². The van der Waals surface area contributed by atoms with Gasteiger partial charge in [0.2, 0.25) is 0 Å². The van der Waals surface area contributed by atoms with Crippen molar-refractivity contribution in [2.24, 2.45) is 0 Å². The zero-order chi connectivity index (χ0) is 15.8. The van der Waals surface area contributed by atoms with Gasteiger partial charge in [0.25, 0.3) is 5.91 Å². The van der Waals surface area contributed by atoms with Gasteiger partial charge in [0.1, 0.15) is 11.5 Å². The third kappa shape index (κ3) is 4.83. The van der Waals surface area contributed by atoms with Crippen LogP contribution in [0.25, 0.3) is 0 Å². The summed E-state index contributed by atoms with van der Waals surface area (Å²) in [7, 11) is 2.99. The Balaban J connectivity index is 2.87. The summed E-state index contributed by atoms with van der Waals surface area (Å²) in [5, 5.41) is 2.60. The van der Waals surface area contributed by atoms with Crippen LogP contribution in [0.4, 0.5) is 0 Å². The molecule has 0 aliphatic heterocycles. The Morgan fingerprint density at radius 3 is 2.52 bits per heavy atom. The lowest BCUT2D eigenvalue weighted by molar-refractivity contribution is -0.137. The fourth-order valence-corrected chi connectivity index (χ4v) is 1.63. The predicted octanol–water partition coefficient (Wildman–Crippen LogP) is 1.90. The van der Waals surface area contributed by atoms with Gasteiger partial charge in [-0.25, -0.2) is 4.79 Å². The van der Waals surface area contributed by atoms with Crippen LogP contribution in [-0.2, 0) is 9.53 Å². The summed E-state index contributed by atoms with van der Waals surface area (Å²) in [6, 6.07) is 4.85. The SMILES string of the molecule is CCOC(=O)C=C(C)NC(=O)c1ccc(OC)cc1OC. The Morgan fingerprint density at radius 1 is 1.24 bits per heavy atom. The molecule has 0 bridgehead atoms. The second-order valence-electron chi connectivity index (χ2n) is 4.10. The molecule has 21 heavy (non-hydrogen) atoms. The lowest BCUT2D eigenvalue weighted by Gasteiger charge is -2.11. The third-order valence-electron chi connectivity index (χ3n) is 2.58. The second-order valence-corrected chi connectivity index (χ2v) is 4.10. The predicted molar refractivity (Wildman–Crippen MR) is 77.4 cm³/mol. The van der Waals surface area contributed by atoms with E-state index in [0.717, 1.165) is 0 Å². The van der Waals surface area contributed by atoms with Crippen LogP contribution >= 0.6 is 0 Å². The molecular formula is C15H19NO5. The normalized spacial score (nSPS) is 10.8. The molecule has 1 aromatic rings. The van der Waals surface area contributed by atoms with Crippen LogP contribution in [0, 0.1) is 0 Å². The second kappa shape index (κ2) is 7.94. The highest BCUT2D eigenvalue weighted by molar-refractivity contribution is 5.98. The van der Waals surface area contributed by atoms with E-state index < -0.39 is 5.97 Å². The Morgan fingerprint density at radius 2 is 1.95 bits per heavy atom. The molecule has 1 aromatic carbocycles. The summed E-state index contributed by atoms with van der Waals surface area (Å²) in [4.78, 5) is 23.4. The largest absolute Gasteiger partial charge is 0.497 e. The maximum absolute atomic E-state index is 12.1. The van der Waals surface area contributed by atoms with Crippen LogP contribution in [0.15, 0.2) is 30.0 Å². The molecule has 6 heteroatoms. The highest BCUT2D eigenvalue weighted by Gasteiger charge is 2.13. The number of allylic oxidation sites excluding steroid dienone is 1. The van der Waals surface area contributed by atoms with Gasteiger partial charge in [0.05, 0.1) is 26.4 Å². The van der Waals surface area contributed by atoms with E-state index in [1.54, 1.807) is 32.0 Å². The molecule has 1 rings (SSSR count). The van der Waals surface area contributed by atoms with Crippen molar-refractivity contribution in [2.45, 2.75) is 13.8 Å². The zero-order valence-corrected chi connectivity index (χ0v) is 12.6. The molecule has 0 unspecified atom stereocenters. The van der Waals surface area contributed by atoms with Crippen molar-refractivity contribution in [3.05, 3.63) is 35.5 Å². The number of esters is 1. The van der Waals surface area contributed by atoms with Crippen molar-refractivity contribution in [3.63, 3.8) is 0 Å². The quantitative estimate of drug-likeness (QED) is 0.640. The first-order valence-electron chi connectivity index (χ1n) is 6.40. The number of rotatable bonds is 6. The number of ether oxygens (including phenoxy) is 3. The molecule has 0 heterocycles. The molecule has 0 aliphatic carbocycles. The van der Waals surface area contributed by atoms with Crippen molar-refractivity contribution in [1.82, 2.24) is 5.32 Å². The highest BCUT2D eigenvalue weighted by atomic mass is 16.5. The topological polar surface area (TPSA) is 73.9 Å². The number of carbonyl (C=O) groups is 2. The lowest BCUT2D eigenvalue weighted by Crippen LogP contribution is -2.23.